The van der Waals surface area contributed by atoms with E-state index >= 15 is 0 Å². The van der Waals surface area contributed by atoms with E-state index in [1.54, 1.807) is 0 Å². The highest BCUT2D eigenvalue weighted by Crippen LogP contribution is 2.36. The molecule has 1 aromatic rings. The van der Waals surface area contributed by atoms with Gasteiger partial charge in [-0.2, -0.15) is 0 Å². The smallest absolute Gasteiger partial charge is 0.154 e. The van der Waals surface area contributed by atoms with Gasteiger partial charge in [0.25, 0.3) is 0 Å². The zero-order chi connectivity index (χ0) is 22.2. The van der Waals surface area contributed by atoms with E-state index in [9.17, 15) is 0 Å². The second kappa shape index (κ2) is 12.1. The van der Waals surface area contributed by atoms with E-state index in [-0.39, 0.29) is 5.41 Å². The lowest BCUT2D eigenvalue weighted by Crippen LogP contribution is -2.20. The highest BCUT2D eigenvalue weighted by molar-refractivity contribution is 8.03. The molecule has 4 heteroatoms. The number of aryl methyl sites for hydroxylation is 2. The third kappa shape index (κ3) is 9.23. The average molecular weight is 436 g/mol. The van der Waals surface area contributed by atoms with Crippen LogP contribution in [0.4, 0.5) is 0 Å². The summed E-state index contributed by atoms with van der Waals surface area (Å²) in [5, 5.41) is 1.21. The number of nitrogens with zero attached hydrogens (tertiary/aromatic N) is 1. The molecule has 0 aliphatic rings. The van der Waals surface area contributed by atoms with Crippen molar-refractivity contribution in [3.8, 4) is 5.75 Å². The van der Waals surface area contributed by atoms with E-state index in [1.807, 2.05) is 11.8 Å². The summed E-state index contributed by atoms with van der Waals surface area (Å²) in [6.07, 6.45) is 6.18. The largest absolute Gasteiger partial charge is 0.451 e. The fourth-order valence-corrected chi connectivity index (χ4v) is 3.99. The van der Waals surface area contributed by atoms with Crippen LogP contribution in [0.1, 0.15) is 64.7 Å². The van der Waals surface area contributed by atoms with Gasteiger partial charge < -0.3 is 9.64 Å². The molecule has 0 N–H and O–H groups in total. The zero-order valence-electron chi connectivity index (χ0n) is 19.9. The minimum Gasteiger partial charge on any atom is -0.451 e. The summed E-state index contributed by atoms with van der Waals surface area (Å²) in [6.45, 7) is 19.9. The standard InChI is InChI=1S/C25H41NOS2/c1-10-22(29-20(5)25(6,7)8)12-13-24(28)27-23-17-18(3)21(16-19(23)4)14-15-26(9)11-2/h10,13,16-17,20,28H,11-12,14-15H2,1-9H3/b22-10-,24-13-. The molecule has 0 aromatic heterocycles. The van der Waals surface area contributed by atoms with Crippen molar-refractivity contribution in [1.82, 2.24) is 4.90 Å². The number of hydrogen-bond donors (Lipinski definition) is 1. The van der Waals surface area contributed by atoms with E-state index in [1.165, 1.54) is 16.0 Å². The lowest BCUT2D eigenvalue weighted by Gasteiger charge is -2.27. The summed E-state index contributed by atoms with van der Waals surface area (Å²) in [5.74, 6) is 0.897. The number of thioether (sulfide) groups is 1. The first kappa shape index (κ1) is 26.2. The van der Waals surface area contributed by atoms with Crippen LogP contribution in [0.15, 0.2) is 34.3 Å². The fourth-order valence-electron chi connectivity index (χ4n) is 2.68. The first-order chi connectivity index (χ1) is 13.5. The van der Waals surface area contributed by atoms with Gasteiger partial charge in [0, 0.05) is 18.2 Å². The molecule has 0 aliphatic carbocycles. The van der Waals surface area contributed by atoms with Crippen molar-refractivity contribution in [3.63, 3.8) is 0 Å². The molecule has 164 valence electrons. The summed E-state index contributed by atoms with van der Waals surface area (Å²) in [4.78, 5) is 3.69. The summed E-state index contributed by atoms with van der Waals surface area (Å²) in [5.41, 5.74) is 4.11. The quantitative estimate of drug-likeness (QED) is 0.304. The van der Waals surface area contributed by atoms with Crippen LogP contribution in [0, 0.1) is 19.3 Å². The minimum atomic E-state index is 0.283. The molecule has 1 aromatic carbocycles. The molecule has 2 nitrogen and oxygen atoms in total. The fraction of sp³-hybridized carbons (Fsp3) is 0.600. The lowest BCUT2D eigenvalue weighted by atomic mass is 9.93. The number of likely N-dealkylation sites (N-methyl/N-ethyl adjacent to an activating group) is 1. The molecular weight excluding hydrogens is 394 g/mol. The van der Waals surface area contributed by atoms with Crippen LogP contribution in [0.5, 0.6) is 5.75 Å². The Morgan fingerprint density at radius 2 is 1.90 bits per heavy atom. The number of hydrogen-bond acceptors (Lipinski definition) is 4. The Kier molecular flexibility index (Phi) is 10.9. The Balaban J connectivity index is 2.77. The molecule has 0 radical (unpaired) electrons. The van der Waals surface area contributed by atoms with Crippen molar-refractivity contribution in [3.05, 3.63) is 51.0 Å². The summed E-state index contributed by atoms with van der Waals surface area (Å²) in [6, 6.07) is 4.40. The summed E-state index contributed by atoms with van der Waals surface area (Å²) < 4.78 is 6.07. The van der Waals surface area contributed by atoms with Gasteiger partial charge in [-0.05, 0) is 79.9 Å². The summed E-state index contributed by atoms with van der Waals surface area (Å²) in [7, 11) is 2.16. The van der Waals surface area contributed by atoms with Crippen LogP contribution in [0.25, 0.3) is 0 Å². The number of allylic oxidation sites excluding steroid dienone is 3. The van der Waals surface area contributed by atoms with Crippen molar-refractivity contribution in [2.24, 2.45) is 5.41 Å². The number of ether oxygens (including phenoxy) is 1. The molecule has 0 saturated carbocycles. The molecule has 1 rings (SSSR count). The van der Waals surface area contributed by atoms with Crippen LogP contribution < -0.4 is 4.74 Å². The molecular formula is C25H41NOS2. The SMILES string of the molecule is C/C=C(/C/C=C(\S)Oc1cc(C)c(CCN(C)CC)cc1C)SC(C)C(C)(C)C. The molecule has 0 amide bonds. The molecule has 0 saturated heterocycles. The van der Waals surface area contributed by atoms with Crippen molar-refractivity contribution >= 4 is 24.4 Å². The van der Waals surface area contributed by atoms with Gasteiger partial charge in [-0.25, -0.2) is 0 Å². The number of benzene rings is 1. The molecule has 0 aliphatic heterocycles. The van der Waals surface area contributed by atoms with Gasteiger partial charge in [0.1, 0.15) is 5.75 Å². The molecule has 0 fully saturated rings. The van der Waals surface area contributed by atoms with Gasteiger partial charge in [0.05, 0.1) is 0 Å². The minimum absolute atomic E-state index is 0.283. The van der Waals surface area contributed by atoms with Crippen LogP contribution in [-0.2, 0) is 6.42 Å². The van der Waals surface area contributed by atoms with Crippen molar-refractivity contribution < 1.29 is 4.74 Å². The molecule has 1 unspecified atom stereocenters. The van der Waals surface area contributed by atoms with E-state index in [0.29, 0.717) is 10.3 Å². The Morgan fingerprint density at radius 1 is 1.24 bits per heavy atom. The van der Waals surface area contributed by atoms with Crippen LogP contribution in [-0.4, -0.2) is 30.3 Å². The maximum atomic E-state index is 6.07. The first-order valence-corrected chi connectivity index (χ1v) is 12.0. The lowest BCUT2D eigenvalue weighted by molar-refractivity contribution is 0.357. The normalized spacial score (nSPS) is 14.4. The number of thiol groups is 1. The van der Waals surface area contributed by atoms with Gasteiger partial charge in [-0.15, -0.1) is 24.4 Å². The van der Waals surface area contributed by atoms with Gasteiger partial charge in [-0.1, -0.05) is 46.8 Å². The third-order valence-electron chi connectivity index (χ3n) is 5.50. The van der Waals surface area contributed by atoms with E-state index in [4.69, 9.17) is 4.74 Å². The molecule has 0 heterocycles. The first-order valence-electron chi connectivity index (χ1n) is 10.6. The molecule has 1 atom stereocenters. The third-order valence-corrected chi connectivity index (χ3v) is 7.54. The highest BCUT2D eigenvalue weighted by atomic mass is 32.2. The monoisotopic (exact) mass is 435 g/mol. The van der Waals surface area contributed by atoms with Crippen LogP contribution in [0.3, 0.4) is 0 Å². The Morgan fingerprint density at radius 3 is 2.45 bits per heavy atom. The van der Waals surface area contributed by atoms with Gasteiger partial charge in [0.15, 0.2) is 5.09 Å². The van der Waals surface area contributed by atoms with Gasteiger partial charge in [0.2, 0.25) is 0 Å². The molecule has 0 bridgehead atoms. The maximum Gasteiger partial charge on any atom is 0.154 e. The topological polar surface area (TPSA) is 12.5 Å². The Hall–Kier alpha value is -0.840. The zero-order valence-corrected chi connectivity index (χ0v) is 21.6. The van der Waals surface area contributed by atoms with Crippen molar-refractivity contribution in [2.75, 3.05) is 20.1 Å². The number of rotatable bonds is 10. The van der Waals surface area contributed by atoms with Crippen LogP contribution in [0.2, 0.25) is 0 Å². The molecule has 0 spiro atoms. The van der Waals surface area contributed by atoms with Gasteiger partial charge >= 0.3 is 0 Å². The van der Waals surface area contributed by atoms with E-state index in [0.717, 1.165) is 37.2 Å². The molecule has 29 heavy (non-hydrogen) atoms. The summed E-state index contributed by atoms with van der Waals surface area (Å²) >= 11 is 6.53. The predicted molar refractivity (Wildman–Crippen MR) is 135 cm³/mol. The Bertz CT molecular complexity index is 716. The highest BCUT2D eigenvalue weighted by Gasteiger charge is 2.21. The van der Waals surface area contributed by atoms with Crippen molar-refractivity contribution in [1.29, 1.82) is 0 Å². The Labute approximate surface area is 189 Å². The average Bonchev–Trinajstić information content (AvgIpc) is 2.65. The maximum absolute atomic E-state index is 6.07. The van der Waals surface area contributed by atoms with E-state index < -0.39 is 0 Å². The second-order valence-electron chi connectivity index (χ2n) is 8.92. The predicted octanol–water partition coefficient (Wildman–Crippen LogP) is 7.41. The van der Waals surface area contributed by atoms with Crippen molar-refractivity contribution in [2.45, 2.75) is 73.5 Å². The van der Waals surface area contributed by atoms with E-state index in [2.05, 4.69) is 104 Å². The second-order valence-corrected chi connectivity index (χ2v) is 10.8. The van der Waals surface area contributed by atoms with Crippen LogP contribution >= 0.6 is 24.4 Å². The van der Waals surface area contributed by atoms with Gasteiger partial charge in [-0.3, -0.25) is 0 Å².